The number of nitrogen functional groups attached to an aromatic ring is 1. The van der Waals surface area contributed by atoms with Crippen LogP contribution in [0.1, 0.15) is 21.6 Å². The van der Waals surface area contributed by atoms with Crippen LogP contribution < -0.4 is 5.73 Å². The molecule has 3 N–H and O–H groups in total. The Morgan fingerprint density at radius 3 is 2.58 bits per heavy atom. The highest BCUT2D eigenvalue weighted by molar-refractivity contribution is 9.10. The van der Waals surface area contributed by atoms with E-state index in [0.717, 1.165) is 17.9 Å². The summed E-state index contributed by atoms with van der Waals surface area (Å²) in [6.45, 7) is 0. The van der Waals surface area contributed by atoms with Gasteiger partial charge in [-0.05, 0) is 28.1 Å². The van der Waals surface area contributed by atoms with Gasteiger partial charge in [0.05, 0.1) is 34.1 Å². The second-order valence-electron chi connectivity index (χ2n) is 4.60. The second kappa shape index (κ2) is 6.09. The Bertz CT molecular complexity index is 869. The van der Waals surface area contributed by atoms with Gasteiger partial charge in [0, 0.05) is 6.20 Å². The number of rotatable bonds is 2. The standard InChI is InChI=1S/C14H9BrF3N3O3/c1-24-13(23)11-10(20)6(4-19)5-21(11)9-3-7(14(16,17)18)2-8(15)12(9)22/h2-3,5,22H,20H2,1H3. The van der Waals surface area contributed by atoms with Crippen LogP contribution in [0.5, 0.6) is 5.75 Å². The van der Waals surface area contributed by atoms with Crippen LogP contribution in [0.4, 0.5) is 18.9 Å². The number of alkyl halides is 3. The van der Waals surface area contributed by atoms with Gasteiger partial charge in [-0.15, -0.1) is 0 Å². The van der Waals surface area contributed by atoms with E-state index in [1.165, 1.54) is 0 Å². The van der Waals surface area contributed by atoms with Crippen molar-refractivity contribution in [3.05, 3.63) is 39.6 Å². The number of hydrogen-bond donors (Lipinski definition) is 2. The maximum Gasteiger partial charge on any atom is 0.416 e. The Morgan fingerprint density at radius 2 is 2.08 bits per heavy atom. The third-order valence-corrected chi connectivity index (χ3v) is 3.78. The van der Waals surface area contributed by atoms with Crippen LogP contribution in [-0.2, 0) is 10.9 Å². The smallest absolute Gasteiger partial charge is 0.416 e. The van der Waals surface area contributed by atoms with Crippen LogP contribution in [0, 0.1) is 11.3 Å². The third kappa shape index (κ3) is 2.90. The normalized spacial score (nSPS) is 11.2. The molecule has 126 valence electrons. The lowest BCUT2D eigenvalue weighted by Gasteiger charge is -2.15. The SMILES string of the molecule is COC(=O)c1c(N)c(C#N)cn1-c1cc(C(F)(F)F)cc(Br)c1O. The zero-order chi connectivity index (χ0) is 18.2. The van der Waals surface area contributed by atoms with Crippen molar-refractivity contribution in [2.45, 2.75) is 6.18 Å². The van der Waals surface area contributed by atoms with Crippen LogP contribution in [-0.4, -0.2) is 22.8 Å². The molecule has 1 heterocycles. The van der Waals surface area contributed by atoms with Crippen LogP contribution in [0.3, 0.4) is 0 Å². The summed E-state index contributed by atoms with van der Waals surface area (Å²) in [6, 6.07) is 3.04. The van der Waals surface area contributed by atoms with Crippen molar-refractivity contribution >= 4 is 27.6 Å². The molecule has 0 bridgehead atoms. The fraction of sp³-hybridized carbons (Fsp3) is 0.143. The number of methoxy groups -OCH3 is 1. The number of aromatic hydroxyl groups is 1. The number of benzene rings is 1. The third-order valence-electron chi connectivity index (χ3n) is 3.17. The van der Waals surface area contributed by atoms with Gasteiger partial charge in [-0.25, -0.2) is 4.79 Å². The number of phenolic OH excluding ortho intramolecular Hbond substituents is 1. The molecule has 2 rings (SSSR count). The molecule has 0 saturated carbocycles. The average molecular weight is 404 g/mol. The van der Waals surface area contributed by atoms with E-state index in [2.05, 4.69) is 20.7 Å². The number of aromatic nitrogens is 1. The molecule has 0 unspecified atom stereocenters. The maximum atomic E-state index is 13.0. The van der Waals surface area contributed by atoms with Crippen LogP contribution >= 0.6 is 15.9 Å². The van der Waals surface area contributed by atoms with Crippen molar-refractivity contribution < 1.29 is 27.8 Å². The Labute approximate surface area is 142 Å². The molecule has 2 aromatic rings. The molecule has 10 heteroatoms. The molecule has 1 aromatic heterocycles. The van der Waals surface area contributed by atoms with Gasteiger partial charge in [0.2, 0.25) is 0 Å². The van der Waals surface area contributed by atoms with Crippen molar-refractivity contribution in [2.24, 2.45) is 0 Å². The Balaban J connectivity index is 2.84. The molecular formula is C14H9BrF3N3O3. The quantitative estimate of drug-likeness (QED) is 0.749. The first-order valence-electron chi connectivity index (χ1n) is 6.21. The van der Waals surface area contributed by atoms with Gasteiger partial charge in [0.15, 0.2) is 11.4 Å². The summed E-state index contributed by atoms with van der Waals surface area (Å²) in [5, 5.41) is 19.1. The van der Waals surface area contributed by atoms with Crippen LogP contribution in [0.25, 0.3) is 5.69 Å². The maximum absolute atomic E-state index is 13.0. The molecule has 0 aliphatic heterocycles. The van der Waals surface area contributed by atoms with E-state index in [1.807, 2.05) is 0 Å². The molecule has 0 spiro atoms. The predicted molar refractivity (Wildman–Crippen MR) is 80.6 cm³/mol. The first-order chi connectivity index (χ1) is 11.1. The summed E-state index contributed by atoms with van der Waals surface area (Å²) < 4.78 is 44.2. The number of halogens is 4. The van der Waals surface area contributed by atoms with Crippen LogP contribution in [0.2, 0.25) is 0 Å². The molecule has 0 amide bonds. The summed E-state index contributed by atoms with van der Waals surface area (Å²) in [7, 11) is 1.05. The number of ether oxygens (including phenoxy) is 1. The molecule has 0 fully saturated rings. The van der Waals surface area contributed by atoms with E-state index in [0.29, 0.717) is 12.1 Å². The number of nitrogens with zero attached hydrogens (tertiary/aromatic N) is 2. The van der Waals surface area contributed by atoms with Gasteiger partial charge in [0.1, 0.15) is 6.07 Å². The lowest BCUT2D eigenvalue weighted by molar-refractivity contribution is -0.137. The summed E-state index contributed by atoms with van der Waals surface area (Å²) in [4.78, 5) is 11.9. The molecule has 0 atom stereocenters. The molecule has 0 radical (unpaired) electrons. The number of anilines is 1. The lowest BCUT2D eigenvalue weighted by atomic mass is 10.1. The van der Waals surface area contributed by atoms with Gasteiger partial charge in [-0.2, -0.15) is 18.4 Å². The molecule has 1 aromatic carbocycles. The number of nitriles is 1. The average Bonchev–Trinajstić information content (AvgIpc) is 2.84. The minimum atomic E-state index is -4.69. The number of nitrogens with two attached hydrogens (primary N) is 1. The molecule has 6 nitrogen and oxygen atoms in total. The number of phenols is 1. The Kier molecular flexibility index (Phi) is 4.48. The van der Waals surface area contributed by atoms with E-state index in [4.69, 9.17) is 11.0 Å². The van der Waals surface area contributed by atoms with Gasteiger partial charge in [0.25, 0.3) is 0 Å². The van der Waals surface area contributed by atoms with Crippen molar-refractivity contribution in [1.29, 1.82) is 5.26 Å². The fourth-order valence-electron chi connectivity index (χ4n) is 2.04. The first kappa shape index (κ1) is 17.7. The Morgan fingerprint density at radius 1 is 1.46 bits per heavy atom. The van der Waals surface area contributed by atoms with Crippen molar-refractivity contribution in [2.75, 3.05) is 12.8 Å². The molecule has 0 aliphatic rings. The molecule has 0 aliphatic carbocycles. The highest BCUT2D eigenvalue weighted by Gasteiger charge is 2.33. The van der Waals surface area contributed by atoms with E-state index >= 15 is 0 Å². The van der Waals surface area contributed by atoms with Gasteiger partial charge in [-0.1, -0.05) is 0 Å². The monoisotopic (exact) mass is 403 g/mol. The lowest BCUT2D eigenvalue weighted by Crippen LogP contribution is -2.12. The second-order valence-corrected chi connectivity index (χ2v) is 5.46. The summed E-state index contributed by atoms with van der Waals surface area (Å²) in [5.74, 6) is -1.53. The molecular weight excluding hydrogens is 395 g/mol. The number of carbonyl (C=O) groups is 1. The van der Waals surface area contributed by atoms with Crippen molar-refractivity contribution in [1.82, 2.24) is 4.57 Å². The number of carbonyl (C=O) groups excluding carboxylic acids is 1. The van der Waals surface area contributed by atoms with E-state index < -0.39 is 23.5 Å². The highest BCUT2D eigenvalue weighted by atomic mass is 79.9. The van der Waals surface area contributed by atoms with E-state index in [1.54, 1.807) is 6.07 Å². The van der Waals surface area contributed by atoms with E-state index in [9.17, 15) is 23.1 Å². The van der Waals surface area contributed by atoms with Gasteiger partial charge in [-0.3, -0.25) is 0 Å². The zero-order valence-electron chi connectivity index (χ0n) is 12.0. The topological polar surface area (TPSA) is 101 Å². The largest absolute Gasteiger partial charge is 0.505 e. The molecule has 24 heavy (non-hydrogen) atoms. The highest BCUT2D eigenvalue weighted by Crippen LogP contribution is 2.40. The fourth-order valence-corrected chi connectivity index (χ4v) is 2.49. The van der Waals surface area contributed by atoms with Crippen molar-refractivity contribution in [3.63, 3.8) is 0 Å². The minimum Gasteiger partial charge on any atom is -0.505 e. The Hall–Kier alpha value is -2.67. The summed E-state index contributed by atoms with van der Waals surface area (Å²) in [5.41, 5.74) is 3.45. The summed E-state index contributed by atoms with van der Waals surface area (Å²) in [6.07, 6.45) is -3.64. The van der Waals surface area contributed by atoms with Gasteiger partial charge >= 0.3 is 12.1 Å². The van der Waals surface area contributed by atoms with Crippen molar-refractivity contribution in [3.8, 4) is 17.5 Å². The first-order valence-corrected chi connectivity index (χ1v) is 7.00. The zero-order valence-corrected chi connectivity index (χ0v) is 13.6. The predicted octanol–water partition coefficient (Wildman–Crippen LogP) is 3.20. The summed E-state index contributed by atoms with van der Waals surface area (Å²) >= 11 is 2.83. The number of hydrogen-bond acceptors (Lipinski definition) is 5. The van der Waals surface area contributed by atoms with Gasteiger partial charge < -0.3 is 20.1 Å². The molecule has 0 saturated heterocycles. The number of esters is 1. The van der Waals surface area contributed by atoms with E-state index in [-0.39, 0.29) is 27.1 Å². The minimum absolute atomic E-state index is 0.150. The van der Waals surface area contributed by atoms with Crippen LogP contribution in [0.15, 0.2) is 22.8 Å².